The first-order valence-electron chi connectivity index (χ1n) is 6.97. The van der Waals surface area contributed by atoms with Crippen molar-refractivity contribution >= 4 is 0 Å². The maximum absolute atomic E-state index is 5.82. The Bertz CT molecular complexity index is 299. The maximum atomic E-state index is 5.82. The Kier molecular flexibility index (Phi) is 4.90. The van der Waals surface area contributed by atoms with E-state index < -0.39 is 0 Å². The molecule has 0 spiro atoms. The monoisotopic (exact) mass is 231 g/mol. The summed E-state index contributed by atoms with van der Waals surface area (Å²) >= 11 is 0. The van der Waals surface area contributed by atoms with Gasteiger partial charge in [-0.3, -0.25) is 0 Å². The van der Waals surface area contributed by atoms with Crippen LogP contribution in [0.25, 0.3) is 0 Å². The second-order valence-corrected chi connectivity index (χ2v) is 5.22. The van der Waals surface area contributed by atoms with Gasteiger partial charge in [-0.15, -0.1) is 0 Å². The molecule has 1 radical (unpaired) electrons. The second kappa shape index (κ2) is 6.68. The lowest BCUT2D eigenvalue weighted by molar-refractivity contribution is 0.178. The molecular formula is C16H23O. The number of rotatable bonds is 5. The molecule has 0 N–H and O–H groups in total. The number of benzene rings is 1. The minimum atomic E-state index is 0.771. The van der Waals surface area contributed by atoms with Crippen molar-refractivity contribution < 1.29 is 4.74 Å². The molecule has 1 aromatic carbocycles. The average molecular weight is 231 g/mol. The van der Waals surface area contributed by atoms with Gasteiger partial charge in [0.2, 0.25) is 0 Å². The summed E-state index contributed by atoms with van der Waals surface area (Å²) < 4.78 is 5.82. The van der Waals surface area contributed by atoms with Gasteiger partial charge in [-0.05, 0) is 42.9 Å². The molecule has 93 valence electrons. The molecule has 1 nitrogen and oxygen atoms in total. The number of hydrogen-bond donors (Lipinski definition) is 0. The lowest BCUT2D eigenvalue weighted by atomic mass is 9.80. The highest BCUT2D eigenvalue weighted by atomic mass is 16.5. The van der Waals surface area contributed by atoms with E-state index in [9.17, 15) is 0 Å². The molecule has 0 unspecified atom stereocenters. The van der Waals surface area contributed by atoms with Gasteiger partial charge in [-0.25, -0.2) is 0 Å². The van der Waals surface area contributed by atoms with Crippen molar-refractivity contribution in [2.75, 3.05) is 6.61 Å². The fourth-order valence-electron chi connectivity index (χ4n) is 2.78. The fourth-order valence-corrected chi connectivity index (χ4v) is 2.78. The summed E-state index contributed by atoms with van der Waals surface area (Å²) in [5.41, 5.74) is 0. The number of hydrogen-bond acceptors (Lipinski definition) is 1. The van der Waals surface area contributed by atoms with E-state index in [1.54, 1.807) is 0 Å². The van der Waals surface area contributed by atoms with E-state index in [1.807, 2.05) is 24.3 Å². The zero-order chi connectivity index (χ0) is 11.9. The van der Waals surface area contributed by atoms with Gasteiger partial charge in [0.05, 0.1) is 6.61 Å². The normalized spacial score (nSPS) is 24.5. The highest BCUT2D eigenvalue weighted by Crippen LogP contribution is 2.31. The molecule has 1 aliphatic rings. The van der Waals surface area contributed by atoms with E-state index >= 15 is 0 Å². The zero-order valence-corrected chi connectivity index (χ0v) is 10.8. The van der Waals surface area contributed by atoms with Gasteiger partial charge in [0, 0.05) is 0 Å². The van der Waals surface area contributed by atoms with Crippen LogP contribution in [0.2, 0.25) is 0 Å². The van der Waals surface area contributed by atoms with Crippen molar-refractivity contribution in [2.45, 2.75) is 45.4 Å². The van der Waals surface area contributed by atoms with Crippen LogP contribution in [0, 0.1) is 17.9 Å². The van der Waals surface area contributed by atoms with E-state index in [2.05, 4.69) is 13.0 Å². The molecule has 1 fully saturated rings. The average Bonchev–Trinajstić information content (AvgIpc) is 2.40. The summed E-state index contributed by atoms with van der Waals surface area (Å²) in [7, 11) is 0. The predicted molar refractivity (Wildman–Crippen MR) is 71.1 cm³/mol. The Morgan fingerprint density at radius 3 is 2.41 bits per heavy atom. The van der Waals surface area contributed by atoms with Crippen LogP contribution in [0.1, 0.15) is 45.4 Å². The summed E-state index contributed by atoms with van der Waals surface area (Å²) in [6.07, 6.45) is 8.27. The van der Waals surface area contributed by atoms with Crippen LogP contribution >= 0.6 is 0 Å². The Morgan fingerprint density at radius 1 is 1.12 bits per heavy atom. The van der Waals surface area contributed by atoms with Crippen molar-refractivity contribution in [3.05, 3.63) is 30.3 Å². The standard InChI is InChI=1S/C16H23O/c1-2-6-14-9-11-15(12-10-14)13-17-16-7-4-3-5-8-16/h4-5,7-8,14-15H,2,6,9-13H2,1H3/t14-,15-. The molecule has 0 atom stereocenters. The molecule has 1 saturated carbocycles. The lowest BCUT2D eigenvalue weighted by Gasteiger charge is -2.28. The Labute approximate surface area is 105 Å². The van der Waals surface area contributed by atoms with Crippen LogP contribution in [0.3, 0.4) is 0 Å². The van der Waals surface area contributed by atoms with Gasteiger partial charge in [0.15, 0.2) is 0 Å². The van der Waals surface area contributed by atoms with Crippen LogP contribution in [0.5, 0.6) is 5.75 Å². The third kappa shape index (κ3) is 4.07. The summed E-state index contributed by atoms with van der Waals surface area (Å²) in [6, 6.07) is 10.8. The van der Waals surface area contributed by atoms with Crippen molar-refractivity contribution in [2.24, 2.45) is 11.8 Å². The van der Waals surface area contributed by atoms with Gasteiger partial charge in [0.1, 0.15) is 5.75 Å². The molecule has 0 saturated heterocycles. The van der Waals surface area contributed by atoms with Crippen molar-refractivity contribution in [1.29, 1.82) is 0 Å². The predicted octanol–water partition coefficient (Wildman–Crippen LogP) is 4.47. The van der Waals surface area contributed by atoms with Gasteiger partial charge < -0.3 is 4.74 Å². The van der Waals surface area contributed by atoms with Gasteiger partial charge in [0.25, 0.3) is 0 Å². The summed E-state index contributed by atoms with van der Waals surface area (Å²) in [4.78, 5) is 0. The highest BCUT2D eigenvalue weighted by molar-refractivity contribution is 5.20. The summed E-state index contributed by atoms with van der Waals surface area (Å²) in [5.74, 6) is 2.74. The van der Waals surface area contributed by atoms with Crippen LogP contribution in [-0.2, 0) is 0 Å². The SMILES string of the molecule is CCC[C@H]1CC[C@H](COc2cc[c]cc2)CC1. The zero-order valence-electron chi connectivity index (χ0n) is 10.8. The van der Waals surface area contributed by atoms with E-state index in [1.165, 1.54) is 38.5 Å². The van der Waals surface area contributed by atoms with E-state index in [0.717, 1.165) is 24.2 Å². The number of ether oxygens (including phenoxy) is 1. The Morgan fingerprint density at radius 2 is 1.76 bits per heavy atom. The third-order valence-electron chi connectivity index (χ3n) is 3.84. The minimum absolute atomic E-state index is 0.771. The molecule has 0 aromatic heterocycles. The molecule has 2 rings (SSSR count). The summed E-state index contributed by atoms with van der Waals surface area (Å²) in [6.45, 7) is 3.18. The molecule has 1 heteroatoms. The molecular weight excluding hydrogens is 208 g/mol. The molecule has 1 aromatic rings. The van der Waals surface area contributed by atoms with E-state index in [0.29, 0.717) is 0 Å². The molecule has 0 amide bonds. The third-order valence-corrected chi connectivity index (χ3v) is 3.84. The molecule has 17 heavy (non-hydrogen) atoms. The smallest absolute Gasteiger partial charge is 0.119 e. The topological polar surface area (TPSA) is 9.23 Å². The first-order chi connectivity index (χ1) is 8.38. The minimum Gasteiger partial charge on any atom is -0.493 e. The fraction of sp³-hybridized carbons (Fsp3) is 0.625. The van der Waals surface area contributed by atoms with Crippen LogP contribution in [0.15, 0.2) is 24.3 Å². The van der Waals surface area contributed by atoms with Crippen LogP contribution in [0.4, 0.5) is 0 Å². The van der Waals surface area contributed by atoms with E-state index in [-0.39, 0.29) is 0 Å². The lowest BCUT2D eigenvalue weighted by Crippen LogP contribution is -2.20. The van der Waals surface area contributed by atoms with Gasteiger partial charge >= 0.3 is 0 Å². The van der Waals surface area contributed by atoms with Crippen LogP contribution < -0.4 is 4.74 Å². The quantitative estimate of drug-likeness (QED) is 0.726. The Balaban J connectivity index is 1.68. The maximum Gasteiger partial charge on any atom is 0.119 e. The molecule has 1 aliphatic carbocycles. The molecule has 0 aliphatic heterocycles. The molecule has 0 bridgehead atoms. The van der Waals surface area contributed by atoms with Crippen LogP contribution in [-0.4, -0.2) is 6.61 Å². The largest absolute Gasteiger partial charge is 0.493 e. The molecule has 0 heterocycles. The Hall–Kier alpha value is -0.980. The first kappa shape index (κ1) is 12.5. The first-order valence-corrected chi connectivity index (χ1v) is 6.97. The van der Waals surface area contributed by atoms with E-state index in [4.69, 9.17) is 4.74 Å². The van der Waals surface area contributed by atoms with Gasteiger partial charge in [-0.1, -0.05) is 44.7 Å². The van der Waals surface area contributed by atoms with Crippen molar-refractivity contribution in [3.63, 3.8) is 0 Å². The second-order valence-electron chi connectivity index (χ2n) is 5.22. The van der Waals surface area contributed by atoms with Crippen molar-refractivity contribution in [1.82, 2.24) is 0 Å². The van der Waals surface area contributed by atoms with Crippen molar-refractivity contribution in [3.8, 4) is 5.75 Å². The highest BCUT2D eigenvalue weighted by Gasteiger charge is 2.20. The van der Waals surface area contributed by atoms with Gasteiger partial charge in [-0.2, -0.15) is 0 Å². The summed E-state index contributed by atoms with van der Waals surface area (Å²) in [5, 5.41) is 0.